The van der Waals surface area contributed by atoms with Crippen molar-refractivity contribution in [3.8, 4) is 0 Å². The Bertz CT molecular complexity index is 498. The molecule has 3 nitrogen and oxygen atoms in total. The predicted molar refractivity (Wildman–Crippen MR) is 207 cm³/mol. The van der Waals surface area contributed by atoms with Crippen LogP contribution in [0.25, 0.3) is 0 Å². The van der Waals surface area contributed by atoms with Crippen molar-refractivity contribution in [3.63, 3.8) is 0 Å². The molecule has 0 rings (SSSR count). The van der Waals surface area contributed by atoms with E-state index in [-0.39, 0.29) is 0 Å². The van der Waals surface area contributed by atoms with Gasteiger partial charge < -0.3 is 13.3 Å². The SMILES string of the molecule is CCCCCCCCCCCCO[SiH](OCCCCCCCCCCCC)OCCC(CCS)CCCCCCCCCCC. The fourth-order valence-electron chi connectivity index (χ4n) is 6.37. The fourth-order valence-corrected chi connectivity index (χ4v) is 8.07. The van der Waals surface area contributed by atoms with Gasteiger partial charge in [-0.2, -0.15) is 12.6 Å². The average Bonchev–Trinajstić information content (AvgIpc) is 3.04. The fraction of sp³-hybridized carbons (Fsp3) is 1.00. The Kier molecular flexibility index (Phi) is 41.0. The van der Waals surface area contributed by atoms with Crippen LogP contribution in [-0.4, -0.2) is 35.1 Å². The lowest BCUT2D eigenvalue weighted by Crippen LogP contribution is -2.29. The molecule has 0 spiro atoms. The molecule has 0 saturated heterocycles. The topological polar surface area (TPSA) is 27.7 Å². The second kappa shape index (κ2) is 40.6. The van der Waals surface area contributed by atoms with Gasteiger partial charge >= 0.3 is 9.53 Å². The lowest BCUT2D eigenvalue weighted by molar-refractivity contribution is 0.0846. The summed E-state index contributed by atoms with van der Waals surface area (Å²) in [6, 6.07) is 0. The third kappa shape index (κ3) is 37.1. The average molecular weight is 673 g/mol. The van der Waals surface area contributed by atoms with Crippen LogP contribution < -0.4 is 0 Å². The highest BCUT2D eigenvalue weighted by Gasteiger charge is 2.17. The summed E-state index contributed by atoms with van der Waals surface area (Å²) in [6.45, 7) is 9.30. The van der Waals surface area contributed by atoms with E-state index in [4.69, 9.17) is 13.3 Å². The van der Waals surface area contributed by atoms with Crippen molar-refractivity contribution >= 4 is 22.2 Å². The van der Waals surface area contributed by atoms with E-state index in [1.54, 1.807) is 0 Å². The molecule has 0 aliphatic rings. The normalized spacial score (nSPS) is 12.5. The van der Waals surface area contributed by atoms with Gasteiger partial charge in [0.25, 0.3) is 0 Å². The molecule has 1 unspecified atom stereocenters. The van der Waals surface area contributed by atoms with Crippen molar-refractivity contribution in [1.29, 1.82) is 0 Å². The summed E-state index contributed by atoms with van der Waals surface area (Å²) in [5.74, 6) is 1.71. The van der Waals surface area contributed by atoms with E-state index in [0.29, 0.717) is 0 Å². The Labute approximate surface area is 292 Å². The van der Waals surface area contributed by atoms with E-state index in [1.807, 2.05) is 0 Å². The second-order valence-electron chi connectivity index (χ2n) is 14.0. The first-order valence-corrected chi connectivity index (χ1v) is 22.8. The molecule has 0 bridgehead atoms. The van der Waals surface area contributed by atoms with Crippen LogP contribution in [0.4, 0.5) is 0 Å². The smallest absolute Gasteiger partial charge is 0.376 e. The molecule has 0 aromatic heterocycles. The number of unbranched alkanes of at least 4 members (excludes halogenated alkanes) is 26. The van der Waals surface area contributed by atoms with Gasteiger partial charge in [-0.25, -0.2) is 0 Å². The van der Waals surface area contributed by atoms with Crippen molar-refractivity contribution in [2.24, 2.45) is 5.92 Å². The maximum atomic E-state index is 6.36. The van der Waals surface area contributed by atoms with Crippen molar-refractivity contribution < 1.29 is 13.3 Å². The van der Waals surface area contributed by atoms with Crippen LogP contribution in [0.1, 0.15) is 226 Å². The zero-order chi connectivity index (χ0) is 32.7. The van der Waals surface area contributed by atoms with Gasteiger partial charge in [0.2, 0.25) is 0 Å². The van der Waals surface area contributed by atoms with Crippen molar-refractivity contribution in [3.05, 3.63) is 0 Å². The summed E-state index contributed by atoms with van der Waals surface area (Å²) in [7, 11) is -2.05. The second-order valence-corrected chi connectivity index (χ2v) is 16.1. The van der Waals surface area contributed by atoms with Gasteiger partial charge in [-0.3, -0.25) is 0 Å². The zero-order valence-electron chi connectivity index (χ0n) is 31.3. The van der Waals surface area contributed by atoms with Gasteiger partial charge in [0.1, 0.15) is 0 Å². The molecule has 0 aromatic carbocycles. The number of hydrogen-bond acceptors (Lipinski definition) is 4. The Hall–Kier alpha value is 0.447. The lowest BCUT2D eigenvalue weighted by atomic mass is 9.95. The number of hydrogen-bond donors (Lipinski definition) is 1. The van der Waals surface area contributed by atoms with Crippen LogP contribution in [0.15, 0.2) is 0 Å². The van der Waals surface area contributed by atoms with Gasteiger partial charge in [-0.1, -0.05) is 201 Å². The highest BCUT2D eigenvalue weighted by atomic mass is 32.1. The highest BCUT2D eigenvalue weighted by Crippen LogP contribution is 2.20. The van der Waals surface area contributed by atoms with Gasteiger partial charge in [-0.15, -0.1) is 0 Å². The Morgan fingerprint density at radius 3 is 1.02 bits per heavy atom. The Balaban J connectivity index is 4.23. The molecule has 0 amide bonds. The van der Waals surface area contributed by atoms with Crippen LogP contribution in [-0.2, 0) is 13.3 Å². The van der Waals surface area contributed by atoms with Crippen molar-refractivity contribution in [1.82, 2.24) is 0 Å². The van der Waals surface area contributed by atoms with Crippen LogP contribution in [0.2, 0.25) is 0 Å². The Morgan fingerprint density at radius 2 is 0.667 bits per heavy atom. The quantitative estimate of drug-likeness (QED) is 0.0399. The first kappa shape index (κ1) is 45.4. The lowest BCUT2D eigenvalue weighted by Gasteiger charge is -2.20. The van der Waals surface area contributed by atoms with Gasteiger partial charge in [0.15, 0.2) is 0 Å². The maximum Gasteiger partial charge on any atom is 0.484 e. The molecule has 1 atom stereocenters. The van der Waals surface area contributed by atoms with Gasteiger partial charge in [0.05, 0.1) is 0 Å². The maximum absolute atomic E-state index is 6.36. The summed E-state index contributed by atoms with van der Waals surface area (Å²) in [4.78, 5) is 0. The first-order valence-electron chi connectivity index (χ1n) is 20.7. The van der Waals surface area contributed by atoms with E-state index in [1.165, 1.54) is 186 Å². The predicted octanol–water partition coefficient (Wildman–Crippen LogP) is 13.8. The minimum absolute atomic E-state index is 0.727. The van der Waals surface area contributed by atoms with E-state index in [9.17, 15) is 0 Å². The molecule has 0 saturated carbocycles. The van der Waals surface area contributed by atoms with E-state index in [0.717, 1.165) is 50.8 Å². The third-order valence-corrected chi connectivity index (χ3v) is 11.3. The van der Waals surface area contributed by atoms with E-state index >= 15 is 0 Å². The molecular weight excluding hydrogens is 589 g/mol. The minimum atomic E-state index is -2.05. The van der Waals surface area contributed by atoms with Crippen LogP contribution in [0, 0.1) is 5.92 Å². The number of thiol groups is 1. The molecule has 0 aromatic rings. The molecule has 45 heavy (non-hydrogen) atoms. The first-order chi connectivity index (χ1) is 22.3. The molecule has 0 radical (unpaired) electrons. The summed E-state index contributed by atoms with van der Waals surface area (Å²) >= 11 is 4.57. The van der Waals surface area contributed by atoms with Crippen LogP contribution >= 0.6 is 12.6 Å². The minimum Gasteiger partial charge on any atom is -0.376 e. The zero-order valence-corrected chi connectivity index (χ0v) is 33.3. The summed E-state index contributed by atoms with van der Waals surface area (Å²) in [5, 5.41) is 0. The molecule has 0 fully saturated rings. The van der Waals surface area contributed by atoms with Crippen molar-refractivity contribution in [2.75, 3.05) is 25.6 Å². The molecule has 5 heteroatoms. The molecule has 0 heterocycles. The third-order valence-electron chi connectivity index (χ3n) is 9.54. The Morgan fingerprint density at radius 1 is 0.356 bits per heavy atom. The summed E-state index contributed by atoms with van der Waals surface area (Å²) < 4.78 is 18.9. The largest absolute Gasteiger partial charge is 0.484 e. The highest BCUT2D eigenvalue weighted by molar-refractivity contribution is 7.80. The summed E-state index contributed by atoms with van der Waals surface area (Å²) in [5.41, 5.74) is 0. The molecule has 0 aliphatic carbocycles. The molecular formula is C40H84O3SSi. The van der Waals surface area contributed by atoms with Crippen molar-refractivity contribution in [2.45, 2.75) is 226 Å². The van der Waals surface area contributed by atoms with Crippen LogP contribution in [0.5, 0.6) is 0 Å². The van der Waals surface area contributed by atoms with Gasteiger partial charge in [-0.05, 0) is 37.4 Å². The van der Waals surface area contributed by atoms with E-state index < -0.39 is 9.53 Å². The molecule has 272 valence electrons. The molecule has 0 aliphatic heterocycles. The number of rotatable bonds is 40. The van der Waals surface area contributed by atoms with Gasteiger partial charge in [0, 0.05) is 19.8 Å². The van der Waals surface area contributed by atoms with E-state index in [2.05, 4.69) is 33.4 Å². The molecule has 0 N–H and O–H groups in total. The van der Waals surface area contributed by atoms with Crippen LogP contribution in [0.3, 0.4) is 0 Å². The summed E-state index contributed by atoms with van der Waals surface area (Å²) in [6.07, 6.45) is 43.4. The monoisotopic (exact) mass is 673 g/mol. The standard InChI is InChI=1S/C40H84O3SSi/c1-4-7-10-13-16-19-22-25-28-31-36-41-45(42-37-32-29-26-23-20-17-14-11-8-5-2)43-38-34-40(35-39-44)33-30-27-24-21-18-15-12-9-6-3/h40,44-45H,4-39H2,1-3H3.